The van der Waals surface area contributed by atoms with Gasteiger partial charge < -0.3 is 19.9 Å². The minimum absolute atomic E-state index is 0.0602. The van der Waals surface area contributed by atoms with Crippen molar-refractivity contribution in [1.29, 1.82) is 0 Å². The maximum atomic E-state index is 13.5. The molecule has 1 fully saturated rings. The second-order valence-corrected chi connectivity index (χ2v) is 12.0. The van der Waals surface area contributed by atoms with Crippen LogP contribution in [0.1, 0.15) is 20.8 Å². The summed E-state index contributed by atoms with van der Waals surface area (Å²) in [4.78, 5) is 42.1. The molecule has 1 aliphatic rings. The summed E-state index contributed by atoms with van der Waals surface area (Å²) in [5, 5.41) is 2.33. The number of benzene rings is 2. The molecule has 0 unspecified atom stereocenters. The Labute approximate surface area is 225 Å². The number of rotatable bonds is 8. The van der Waals surface area contributed by atoms with Crippen molar-refractivity contribution in [1.82, 2.24) is 15.1 Å². The third-order valence-electron chi connectivity index (χ3n) is 6.22. The predicted octanol–water partition coefficient (Wildman–Crippen LogP) is 2.64. The van der Waals surface area contributed by atoms with Crippen molar-refractivity contribution in [2.24, 2.45) is 0 Å². The van der Waals surface area contributed by atoms with E-state index < -0.39 is 27.0 Å². The molecule has 0 radical (unpaired) electrons. The third-order valence-corrected chi connectivity index (χ3v) is 8.96. The van der Waals surface area contributed by atoms with Crippen LogP contribution in [-0.2, 0) is 19.4 Å². The zero-order valence-electron chi connectivity index (χ0n) is 21.1. The molecule has 1 aromatic heterocycles. The summed E-state index contributed by atoms with van der Waals surface area (Å²) in [7, 11) is -4.24. The molecule has 38 heavy (non-hydrogen) atoms. The van der Waals surface area contributed by atoms with E-state index >= 15 is 0 Å². The number of hydrogen-bond donors (Lipinski definition) is 1. The van der Waals surface area contributed by atoms with Crippen molar-refractivity contribution < 1.29 is 27.5 Å². The Hall–Kier alpha value is -3.70. The SMILES string of the molecule is Cc1ccc(OCC(=O)N2CCN(C(=O)[C@@H](NC(=O)c3cccs3)S(=O)(=O)c3ccc(C)cc3)CC2)cc1. The van der Waals surface area contributed by atoms with E-state index in [2.05, 4.69) is 5.32 Å². The lowest BCUT2D eigenvalue weighted by Crippen LogP contribution is -2.58. The van der Waals surface area contributed by atoms with Crippen molar-refractivity contribution >= 4 is 38.9 Å². The molecule has 1 saturated heterocycles. The Kier molecular flexibility index (Phi) is 8.48. The summed E-state index contributed by atoms with van der Waals surface area (Å²) < 4.78 is 32.6. The maximum absolute atomic E-state index is 13.5. The molecule has 11 heteroatoms. The molecule has 0 spiro atoms. The van der Waals surface area contributed by atoms with Crippen LogP contribution in [-0.4, -0.2) is 74.1 Å². The predicted molar refractivity (Wildman–Crippen MR) is 144 cm³/mol. The van der Waals surface area contributed by atoms with Crippen LogP contribution in [0.3, 0.4) is 0 Å². The van der Waals surface area contributed by atoms with Crippen LogP contribution in [0.15, 0.2) is 70.9 Å². The zero-order valence-corrected chi connectivity index (χ0v) is 22.8. The van der Waals surface area contributed by atoms with E-state index in [1.807, 2.05) is 26.0 Å². The lowest BCUT2D eigenvalue weighted by Gasteiger charge is -2.36. The van der Waals surface area contributed by atoms with E-state index in [9.17, 15) is 22.8 Å². The first-order valence-corrected chi connectivity index (χ1v) is 14.5. The molecule has 9 nitrogen and oxygen atoms in total. The Morgan fingerprint density at radius 3 is 2.05 bits per heavy atom. The molecule has 1 aliphatic heterocycles. The molecule has 1 N–H and O–H groups in total. The van der Waals surface area contributed by atoms with Crippen molar-refractivity contribution in [2.45, 2.75) is 24.1 Å². The summed E-state index contributed by atoms with van der Waals surface area (Å²) >= 11 is 1.15. The van der Waals surface area contributed by atoms with Crippen molar-refractivity contribution in [3.05, 3.63) is 82.0 Å². The molecule has 200 valence electrons. The quantitative estimate of drug-likeness (QED) is 0.457. The van der Waals surface area contributed by atoms with Crippen LogP contribution in [0.2, 0.25) is 0 Å². The van der Waals surface area contributed by atoms with Gasteiger partial charge >= 0.3 is 0 Å². The number of piperazine rings is 1. The minimum Gasteiger partial charge on any atom is -0.484 e. The highest BCUT2D eigenvalue weighted by molar-refractivity contribution is 7.92. The van der Waals surface area contributed by atoms with Gasteiger partial charge in [-0.05, 0) is 49.6 Å². The number of sulfone groups is 1. The smallest absolute Gasteiger partial charge is 0.262 e. The zero-order chi connectivity index (χ0) is 27.3. The second-order valence-electron chi connectivity index (χ2n) is 9.00. The van der Waals surface area contributed by atoms with Crippen molar-refractivity contribution in [3.8, 4) is 5.75 Å². The monoisotopic (exact) mass is 555 g/mol. The summed E-state index contributed by atoms with van der Waals surface area (Å²) in [6.45, 7) is 4.34. The average molecular weight is 556 g/mol. The largest absolute Gasteiger partial charge is 0.484 e. The van der Waals surface area contributed by atoms with E-state index in [-0.39, 0.29) is 43.6 Å². The first-order chi connectivity index (χ1) is 18.1. The standard InChI is InChI=1S/C27H29N3O6S2/c1-19-5-9-21(10-6-19)36-18-24(31)29-13-15-30(16-14-29)27(33)26(28-25(32)23-4-3-17-37-23)38(34,35)22-11-7-20(2)8-12-22/h3-12,17,26H,13-16,18H2,1-2H3,(H,28,32)/t26-/m0/s1. The number of carbonyl (C=O) groups is 3. The van der Waals surface area contributed by atoms with Gasteiger partial charge in [0, 0.05) is 26.2 Å². The van der Waals surface area contributed by atoms with E-state index in [1.54, 1.807) is 46.7 Å². The van der Waals surface area contributed by atoms with Crippen LogP contribution in [0, 0.1) is 13.8 Å². The van der Waals surface area contributed by atoms with Crippen LogP contribution >= 0.6 is 11.3 Å². The Balaban J connectivity index is 1.44. The topological polar surface area (TPSA) is 113 Å². The number of carbonyl (C=O) groups excluding carboxylic acids is 3. The lowest BCUT2D eigenvalue weighted by molar-refractivity contribution is -0.140. The third kappa shape index (κ3) is 6.40. The van der Waals surface area contributed by atoms with Gasteiger partial charge in [0.2, 0.25) is 15.2 Å². The number of nitrogens with zero attached hydrogens (tertiary/aromatic N) is 2. The molecule has 1 atom stereocenters. The molecule has 3 aromatic rings. The van der Waals surface area contributed by atoms with E-state index in [4.69, 9.17) is 4.74 Å². The minimum atomic E-state index is -4.24. The highest BCUT2D eigenvalue weighted by Crippen LogP contribution is 2.20. The summed E-state index contributed by atoms with van der Waals surface area (Å²) in [6, 6.07) is 16.7. The van der Waals surface area contributed by atoms with Crippen LogP contribution in [0.5, 0.6) is 5.75 Å². The van der Waals surface area contributed by atoms with Gasteiger partial charge in [-0.25, -0.2) is 8.42 Å². The van der Waals surface area contributed by atoms with Crippen LogP contribution < -0.4 is 10.1 Å². The molecule has 2 aromatic carbocycles. The molecule has 0 bridgehead atoms. The number of aryl methyl sites for hydroxylation is 2. The van der Waals surface area contributed by atoms with Crippen LogP contribution in [0.25, 0.3) is 0 Å². The maximum Gasteiger partial charge on any atom is 0.262 e. The van der Waals surface area contributed by atoms with Gasteiger partial charge in [0.05, 0.1) is 9.77 Å². The fourth-order valence-electron chi connectivity index (χ4n) is 3.95. The Bertz CT molecular complexity index is 1380. The number of hydrogen-bond acceptors (Lipinski definition) is 7. The van der Waals surface area contributed by atoms with Gasteiger partial charge in [0.25, 0.3) is 17.7 Å². The second kappa shape index (κ2) is 11.8. The fourth-order valence-corrected chi connectivity index (χ4v) is 6.04. The first kappa shape index (κ1) is 27.3. The first-order valence-electron chi connectivity index (χ1n) is 12.1. The summed E-state index contributed by atoms with van der Waals surface area (Å²) in [5.41, 5.74) is 1.94. The van der Waals surface area contributed by atoms with Gasteiger partial charge in [-0.15, -0.1) is 11.3 Å². The molecular formula is C27H29N3O6S2. The molecule has 0 saturated carbocycles. The number of amides is 3. The summed E-state index contributed by atoms with van der Waals surface area (Å²) in [5.74, 6) is -1.02. The highest BCUT2D eigenvalue weighted by atomic mass is 32.2. The lowest BCUT2D eigenvalue weighted by atomic mass is 10.2. The van der Waals surface area contributed by atoms with E-state index in [0.29, 0.717) is 10.6 Å². The van der Waals surface area contributed by atoms with Gasteiger partial charge in [-0.2, -0.15) is 0 Å². The molecule has 3 amide bonds. The molecule has 0 aliphatic carbocycles. The fraction of sp³-hybridized carbons (Fsp3) is 0.296. The Morgan fingerprint density at radius 1 is 0.895 bits per heavy atom. The van der Waals surface area contributed by atoms with Gasteiger partial charge in [0.1, 0.15) is 5.75 Å². The van der Waals surface area contributed by atoms with Crippen LogP contribution in [0.4, 0.5) is 0 Å². The normalized spacial score (nSPS) is 14.6. The van der Waals surface area contributed by atoms with E-state index in [1.165, 1.54) is 17.0 Å². The van der Waals surface area contributed by atoms with Gasteiger partial charge in [-0.3, -0.25) is 14.4 Å². The molecular weight excluding hydrogens is 526 g/mol. The van der Waals surface area contributed by atoms with Gasteiger partial charge in [-0.1, -0.05) is 41.5 Å². The number of nitrogens with one attached hydrogen (secondary N) is 1. The highest BCUT2D eigenvalue weighted by Gasteiger charge is 2.39. The Morgan fingerprint density at radius 2 is 1.47 bits per heavy atom. The molecule has 4 rings (SSSR count). The van der Waals surface area contributed by atoms with Gasteiger partial charge in [0.15, 0.2) is 6.61 Å². The van der Waals surface area contributed by atoms with Crippen molar-refractivity contribution in [2.75, 3.05) is 32.8 Å². The van der Waals surface area contributed by atoms with Crippen molar-refractivity contribution in [3.63, 3.8) is 0 Å². The molecule has 2 heterocycles. The number of thiophene rings is 1. The average Bonchev–Trinajstić information content (AvgIpc) is 3.46. The number of ether oxygens (including phenoxy) is 1. The summed E-state index contributed by atoms with van der Waals surface area (Å²) in [6.07, 6.45) is 0. The van der Waals surface area contributed by atoms with E-state index in [0.717, 1.165) is 22.5 Å².